The molecule has 6 nitrogen and oxygen atoms in total. The topological polar surface area (TPSA) is 64.0 Å². The number of ether oxygens (including phenoxy) is 2. The molecule has 0 aromatic carbocycles. The zero-order valence-electron chi connectivity index (χ0n) is 12.8. The van der Waals surface area contributed by atoms with Crippen molar-refractivity contribution < 1.29 is 14.3 Å². The molecule has 0 aliphatic carbocycles. The molecule has 0 bridgehead atoms. The van der Waals surface area contributed by atoms with E-state index >= 15 is 0 Å². The molecule has 0 unspecified atom stereocenters. The fraction of sp³-hybridized carbons (Fsp3) is 0.533. The predicted octanol–water partition coefficient (Wildman–Crippen LogP) is 1.96. The third-order valence-electron chi connectivity index (χ3n) is 3.48. The van der Waals surface area contributed by atoms with Gasteiger partial charge in [-0.05, 0) is 26.8 Å². The Hall–Kier alpha value is -2.11. The van der Waals surface area contributed by atoms with Gasteiger partial charge in [-0.15, -0.1) is 0 Å². The first kappa shape index (κ1) is 15.3. The lowest BCUT2D eigenvalue weighted by molar-refractivity contribution is -0.146. The van der Waals surface area contributed by atoms with Crippen LogP contribution in [0.2, 0.25) is 0 Å². The molecule has 1 aromatic rings. The van der Waals surface area contributed by atoms with Crippen LogP contribution in [0.15, 0.2) is 23.3 Å². The van der Waals surface area contributed by atoms with Crippen LogP contribution in [0.3, 0.4) is 0 Å². The van der Waals surface area contributed by atoms with E-state index in [-0.39, 0.29) is 5.97 Å². The zero-order chi connectivity index (χ0) is 15.4. The summed E-state index contributed by atoms with van der Waals surface area (Å²) in [5.41, 5.74) is 0.812. The van der Waals surface area contributed by atoms with Crippen LogP contribution in [0.4, 0.5) is 5.82 Å². The maximum atomic E-state index is 11.8. The molecule has 1 aliphatic rings. The minimum atomic E-state index is -0.652. The Morgan fingerprint density at radius 2 is 2.24 bits per heavy atom. The molecular weight excluding hydrogens is 270 g/mol. The molecule has 2 heterocycles. The SMILES string of the molecule is CCOC(=O)[C@@H]1N=CO[C@@H]1c1ccc(N(C)C(C)C)nc1. The lowest BCUT2D eigenvalue weighted by atomic mass is 10.1. The quantitative estimate of drug-likeness (QED) is 0.776. The minimum Gasteiger partial charge on any atom is -0.473 e. The number of aliphatic imine (C=N–C) groups is 1. The molecule has 21 heavy (non-hydrogen) atoms. The number of hydrogen-bond acceptors (Lipinski definition) is 6. The standard InChI is InChI=1S/C15H21N3O3/c1-5-20-15(19)13-14(21-9-17-13)11-6-7-12(16-8-11)18(4)10(2)3/h6-10,13-14H,5H2,1-4H3/t13-,14-/m1/s1. The summed E-state index contributed by atoms with van der Waals surface area (Å²) in [4.78, 5) is 22.4. The molecule has 0 radical (unpaired) electrons. The Bertz CT molecular complexity index is 513. The number of hydrogen-bond donors (Lipinski definition) is 0. The van der Waals surface area contributed by atoms with Crippen molar-refractivity contribution in [2.75, 3.05) is 18.6 Å². The van der Waals surface area contributed by atoms with Gasteiger partial charge in [0.15, 0.2) is 18.5 Å². The highest BCUT2D eigenvalue weighted by Crippen LogP contribution is 2.28. The number of aromatic nitrogens is 1. The van der Waals surface area contributed by atoms with Gasteiger partial charge in [-0.1, -0.05) is 6.07 Å². The Kier molecular flexibility index (Phi) is 4.77. The molecule has 0 fully saturated rings. The number of carbonyl (C=O) groups is 1. The van der Waals surface area contributed by atoms with Crippen LogP contribution in [0.5, 0.6) is 0 Å². The summed E-state index contributed by atoms with van der Waals surface area (Å²) in [5, 5.41) is 0. The van der Waals surface area contributed by atoms with E-state index in [0.717, 1.165) is 11.4 Å². The van der Waals surface area contributed by atoms with Crippen LogP contribution in [0.1, 0.15) is 32.4 Å². The lowest BCUT2D eigenvalue weighted by Gasteiger charge is -2.23. The normalized spacial score (nSPS) is 20.4. The van der Waals surface area contributed by atoms with Gasteiger partial charge in [-0.2, -0.15) is 0 Å². The van der Waals surface area contributed by atoms with Gasteiger partial charge in [0.05, 0.1) is 6.61 Å². The van der Waals surface area contributed by atoms with Crippen LogP contribution in [0, 0.1) is 0 Å². The molecule has 0 amide bonds. The molecule has 2 rings (SSSR count). The summed E-state index contributed by atoms with van der Waals surface area (Å²) >= 11 is 0. The van der Waals surface area contributed by atoms with Crippen molar-refractivity contribution in [3.63, 3.8) is 0 Å². The molecule has 6 heteroatoms. The van der Waals surface area contributed by atoms with E-state index < -0.39 is 12.1 Å². The van der Waals surface area contributed by atoms with Crippen LogP contribution >= 0.6 is 0 Å². The third-order valence-corrected chi connectivity index (χ3v) is 3.48. The number of pyridine rings is 1. The number of anilines is 1. The monoisotopic (exact) mass is 291 g/mol. The highest BCUT2D eigenvalue weighted by atomic mass is 16.5. The summed E-state index contributed by atoms with van der Waals surface area (Å²) < 4.78 is 10.4. The first-order valence-electron chi connectivity index (χ1n) is 7.07. The molecule has 0 saturated carbocycles. The van der Waals surface area contributed by atoms with Gasteiger partial charge in [-0.3, -0.25) is 0 Å². The van der Waals surface area contributed by atoms with E-state index in [9.17, 15) is 4.79 Å². The van der Waals surface area contributed by atoms with Crippen molar-refractivity contribution >= 4 is 18.2 Å². The van der Waals surface area contributed by atoms with Gasteiger partial charge in [-0.25, -0.2) is 14.8 Å². The van der Waals surface area contributed by atoms with Gasteiger partial charge < -0.3 is 14.4 Å². The van der Waals surface area contributed by atoms with Gasteiger partial charge in [0, 0.05) is 24.8 Å². The average molecular weight is 291 g/mol. The van der Waals surface area contributed by atoms with Gasteiger partial charge >= 0.3 is 5.97 Å². The lowest BCUT2D eigenvalue weighted by Crippen LogP contribution is -2.28. The number of rotatable bonds is 5. The second-order valence-corrected chi connectivity index (χ2v) is 5.16. The first-order chi connectivity index (χ1) is 10.0. The van der Waals surface area contributed by atoms with Crippen molar-refractivity contribution in [1.82, 2.24) is 4.98 Å². The van der Waals surface area contributed by atoms with E-state index in [2.05, 4.69) is 28.7 Å². The van der Waals surface area contributed by atoms with E-state index in [4.69, 9.17) is 9.47 Å². The summed E-state index contributed by atoms with van der Waals surface area (Å²) in [7, 11) is 1.99. The van der Waals surface area contributed by atoms with Crippen molar-refractivity contribution in [3.05, 3.63) is 23.9 Å². The summed E-state index contributed by atoms with van der Waals surface area (Å²) in [6.07, 6.45) is 2.56. The third kappa shape index (κ3) is 3.32. The second-order valence-electron chi connectivity index (χ2n) is 5.16. The molecule has 114 valence electrons. The van der Waals surface area contributed by atoms with Gasteiger partial charge in [0.1, 0.15) is 5.82 Å². The largest absolute Gasteiger partial charge is 0.473 e. The van der Waals surface area contributed by atoms with Crippen molar-refractivity contribution in [3.8, 4) is 0 Å². The molecule has 0 spiro atoms. The molecule has 1 aliphatic heterocycles. The minimum absolute atomic E-state index is 0.327. The smallest absolute Gasteiger partial charge is 0.335 e. The van der Waals surface area contributed by atoms with E-state index in [1.54, 1.807) is 13.1 Å². The summed E-state index contributed by atoms with van der Waals surface area (Å²) in [6, 6.07) is 3.54. The van der Waals surface area contributed by atoms with Crippen molar-refractivity contribution in [1.29, 1.82) is 0 Å². The second kappa shape index (κ2) is 6.56. The Labute approximate surface area is 124 Å². The zero-order valence-corrected chi connectivity index (χ0v) is 12.8. The van der Waals surface area contributed by atoms with E-state index in [1.807, 2.05) is 19.2 Å². The Morgan fingerprint density at radius 1 is 1.48 bits per heavy atom. The Morgan fingerprint density at radius 3 is 2.81 bits per heavy atom. The Balaban J connectivity index is 2.13. The van der Waals surface area contributed by atoms with Crippen LogP contribution < -0.4 is 4.90 Å². The number of nitrogens with zero attached hydrogens (tertiary/aromatic N) is 3. The van der Waals surface area contributed by atoms with Crippen LogP contribution in [-0.4, -0.2) is 43.1 Å². The highest BCUT2D eigenvalue weighted by Gasteiger charge is 2.35. The fourth-order valence-electron chi connectivity index (χ4n) is 2.03. The maximum Gasteiger partial charge on any atom is 0.335 e. The average Bonchev–Trinajstić information content (AvgIpc) is 2.96. The van der Waals surface area contributed by atoms with Gasteiger partial charge in [0.25, 0.3) is 0 Å². The fourth-order valence-corrected chi connectivity index (χ4v) is 2.03. The first-order valence-corrected chi connectivity index (χ1v) is 7.07. The summed E-state index contributed by atoms with van der Waals surface area (Å²) in [5.74, 6) is 0.500. The van der Waals surface area contributed by atoms with Crippen molar-refractivity contribution in [2.24, 2.45) is 4.99 Å². The molecule has 2 atom stereocenters. The highest BCUT2D eigenvalue weighted by molar-refractivity contribution is 5.80. The van der Waals surface area contributed by atoms with Gasteiger partial charge in [0.2, 0.25) is 0 Å². The number of carbonyl (C=O) groups excluding carboxylic acids is 1. The maximum absolute atomic E-state index is 11.8. The van der Waals surface area contributed by atoms with E-state index in [1.165, 1.54) is 6.40 Å². The molecular formula is C15H21N3O3. The summed E-state index contributed by atoms with van der Waals surface area (Å²) in [6.45, 7) is 6.29. The van der Waals surface area contributed by atoms with E-state index in [0.29, 0.717) is 12.6 Å². The number of esters is 1. The molecule has 1 aromatic heterocycles. The van der Waals surface area contributed by atoms with Crippen LogP contribution in [-0.2, 0) is 14.3 Å². The molecule has 0 N–H and O–H groups in total. The van der Waals surface area contributed by atoms with Crippen molar-refractivity contribution in [2.45, 2.75) is 39.0 Å². The molecule has 0 saturated heterocycles. The predicted molar refractivity (Wildman–Crippen MR) is 80.5 cm³/mol. The van der Waals surface area contributed by atoms with Crippen LogP contribution in [0.25, 0.3) is 0 Å².